The first-order valence-corrected chi connectivity index (χ1v) is 7.88. The molecule has 2 aromatic carbocycles. The van der Waals surface area contributed by atoms with Gasteiger partial charge in [-0.05, 0) is 53.9 Å². The Bertz CT molecular complexity index is 1020. The van der Waals surface area contributed by atoms with Crippen LogP contribution in [0.3, 0.4) is 0 Å². The largest absolute Gasteiger partial charge is 0.338 e. The number of halogens is 1. The second-order valence-corrected chi connectivity index (χ2v) is 5.97. The molecule has 0 bridgehead atoms. The maximum Gasteiger partial charge on any atom is 0.180 e. The highest BCUT2D eigenvalue weighted by atomic mass is 35.5. The van der Waals surface area contributed by atoms with E-state index in [1.165, 1.54) is 5.56 Å². The van der Waals surface area contributed by atoms with E-state index >= 15 is 0 Å². The predicted octanol–water partition coefficient (Wildman–Crippen LogP) is 4.73. The lowest BCUT2D eigenvalue weighted by Crippen LogP contribution is -1.93. The third-order valence-corrected chi connectivity index (χ3v) is 4.12. The molecule has 4 aromatic rings. The molecule has 0 atom stereocenters. The standard InChI is InChI=1S/C18H14ClN5/c1-11-5-6-14(10-16(11)12-3-2-4-13(19)9-12)21-17-15-7-8-20-22-18(15)24-23-17/h2-10H,1H3,(H2,21,22,23,24). The van der Waals surface area contributed by atoms with Gasteiger partial charge in [0.25, 0.3) is 0 Å². The van der Waals surface area contributed by atoms with Crippen molar-refractivity contribution >= 4 is 34.1 Å². The number of fused-ring (bicyclic) bond motifs is 1. The van der Waals surface area contributed by atoms with Crippen LogP contribution in [0.25, 0.3) is 22.2 Å². The SMILES string of the molecule is Cc1ccc(Nc2n[nH]c3nnccc23)cc1-c1cccc(Cl)c1. The zero-order valence-corrected chi connectivity index (χ0v) is 13.7. The van der Waals surface area contributed by atoms with E-state index in [9.17, 15) is 0 Å². The number of hydrogen-bond donors (Lipinski definition) is 2. The first kappa shape index (κ1) is 14.7. The van der Waals surface area contributed by atoms with Gasteiger partial charge in [0, 0.05) is 10.7 Å². The minimum atomic E-state index is 0.655. The number of nitrogens with zero attached hydrogens (tertiary/aromatic N) is 3. The van der Waals surface area contributed by atoms with Crippen LogP contribution in [0.4, 0.5) is 11.5 Å². The molecular formula is C18H14ClN5. The molecule has 0 unspecified atom stereocenters. The minimum absolute atomic E-state index is 0.655. The number of hydrogen-bond acceptors (Lipinski definition) is 4. The Balaban J connectivity index is 1.73. The first-order chi connectivity index (χ1) is 11.7. The lowest BCUT2D eigenvalue weighted by molar-refractivity contribution is 1.02. The van der Waals surface area contributed by atoms with E-state index in [1.54, 1.807) is 6.20 Å². The Morgan fingerprint density at radius 3 is 2.88 bits per heavy atom. The fourth-order valence-corrected chi connectivity index (χ4v) is 2.86. The van der Waals surface area contributed by atoms with Gasteiger partial charge in [-0.2, -0.15) is 10.2 Å². The van der Waals surface area contributed by atoms with Gasteiger partial charge in [0.2, 0.25) is 0 Å². The minimum Gasteiger partial charge on any atom is -0.338 e. The molecule has 2 N–H and O–H groups in total. The lowest BCUT2D eigenvalue weighted by atomic mass is 10.00. The summed E-state index contributed by atoms with van der Waals surface area (Å²) in [5.41, 5.74) is 4.99. The Hall–Kier alpha value is -2.92. The van der Waals surface area contributed by atoms with E-state index < -0.39 is 0 Å². The second-order valence-electron chi connectivity index (χ2n) is 5.53. The first-order valence-electron chi connectivity index (χ1n) is 7.50. The van der Waals surface area contributed by atoms with Gasteiger partial charge in [-0.3, -0.25) is 5.10 Å². The van der Waals surface area contributed by atoms with Crippen LogP contribution in [0.5, 0.6) is 0 Å². The van der Waals surface area contributed by atoms with Crippen LogP contribution in [-0.4, -0.2) is 20.4 Å². The van der Waals surface area contributed by atoms with Crippen LogP contribution < -0.4 is 5.32 Å². The van der Waals surface area contributed by atoms with Crippen molar-refractivity contribution in [1.29, 1.82) is 0 Å². The molecule has 0 saturated carbocycles. The fourth-order valence-electron chi connectivity index (χ4n) is 2.67. The lowest BCUT2D eigenvalue weighted by Gasteiger charge is -2.10. The maximum absolute atomic E-state index is 6.12. The zero-order chi connectivity index (χ0) is 16.5. The van der Waals surface area contributed by atoms with E-state index in [0.29, 0.717) is 5.65 Å². The van der Waals surface area contributed by atoms with Gasteiger partial charge in [-0.25, -0.2) is 0 Å². The molecule has 0 aliphatic heterocycles. The van der Waals surface area contributed by atoms with Gasteiger partial charge in [-0.15, -0.1) is 5.10 Å². The van der Waals surface area contributed by atoms with Crippen molar-refractivity contribution in [2.24, 2.45) is 0 Å². The van der Waals surface area contributed by atoms with Crippen molar-refractivity contribution in [3.8, 4) is 11.1 Å². The number of aromatic amines is 1. The van der Waals surface area contributed by atoms with Crippen LogP contribution in [-0.2, 0) is 0 Å². The quantitative estimate of drug-likeness (QED) is 0.568. The molecule has 2 heterocycles. The summed E-state index contributed by atoms with van der Waals surface area (Å²) in [6.45, 7) is 2.08. The third-order valence-electron chi connectivity index (χ3n) is 3.89. The molecule has 5 nitrogen and oxygen atoms in total. The maximum atomic E-state index is 6.12. The number of benzene rings is 2. The molecular weight excluding hydrogens is 322 g/mol. The highest BCUT2D eigenvalue weighted by molar-refractivity contribution is 6.30. The Kier molecular flexibility index (Phi) is 3.63. The molecule has 2 aromatic heterocycles. The zero-order valence-electron chi connectivity index (χ0n) is 12.9. The number of rotatable bonds is 3. The molecule has 24 heavy (non-hydrogen) atoms. The van der Waals surface area contributed by atoms with Crippen molar-refractivity contribution < 1.29 is 0 Å². The number of aryl methyl sites for hydroxylation is 1. The normalized spacial score (nSPS) is 10.9. The van der Waals surface area contributed by atoms with Crippen molar-refractivity contribution in [1.82, 2.24) is 20.4 Å². The van der Waals surface area contributed by atoms with Crippen LogP contribution in [0.15, 0.2) is 54.7 Å². The molecule has 0 aliphatic carbocycles. The van der Waals surface area contributed by atoms with Crippen LogP contribution >= 0.6 is 11.6 Å². The number of nitrogens with one attached hydrogen (secondary N) is 2. The van der Waals surface area contributed by atoms with Gasteiger partial charge in [0.1, 0.15) is 0 Å². The van der Waals surface area contributed by atoms with Crippen molar-refractivity contribution in [2.75, 3.05) is 5.32 Å². The predicted molar refractivity (Wildman–Crippen MR) is 96.6 cm³/mol. The van der Waals surface area contributed by atoms with E-state index in [4.69, 9.17) is 11.6 Å². The van der Waals surface area contributed by atoms with E-state index in [0.717, 1.165) is 33.0 Å². The van der Waals surface area contributed by atoms with Gasteiger partial charge in [0.15, 0.2) is 11.5 Å². The van der Waals surface area contributed by atoms with E-state index in [1.807, 2.05) is 30.3 Å². The average Bonchev–Trinajstić information content (AvgIpc) is 3.00. The summed E-state index contributed by atoms with van der Waals surface area (Å²) >= 11 is 6.12. The molecule has 0 saturated heterocycles. The average molecular weight is 336 g/mol. The monoisotopic (exact) mass is 335 g/mol. The number of aromatic nitrogens is 4. The van der Waals surface area contributed by atoms with Crippen molar-refractivity contribution in [3.05, 3.63) is 65.3 Å². The second kappa shape index (κ2) is 5.94. The van der Waals surface area contributed by atoms with Gasteiger partial charge in [-0.1, -0.05) is 29.8 Å². The highest BCUT2D eigenvalue weighted by Crippen LogP contribution is 2.30. The Morgan fingerprint density at radius 1 is 1.08 bits per heavy atom. The van der Waals surface area contributed by atoms with E-state index in [-0.39, 0.29) is 0 Å². The molecule has 0 spiro atoms. The summed E-state index contributed by atoms with van der Waals surface area (Å²) in [7, 11) is 0. The topological polar surface area (TPSA) is 66.5 Å². The summed E-state index contributed by atoms with van der Waals surface area (Å²) in [6, 6.07) is 15.9. The van der Waals surface area contributed by atoms with Gasteiger partial charge in [0.05, 0.1) is 11.6 Å². The van der Waals surface area contributed by atoms with E-state index in [2.05, 4.69) is 50.8 Å². The van der Waals surface area contributed by atoms with Crippen molar-refractivity contribution in [2.45, 2.75) is 6.92 Å². The Morgan fingerprint density at radius 2 is 2.00 bits per heavy atom. The molecule has 6 heteroatoms. The van der Waals surface area contributed by atoms with Crippen LogP contribution in [0.2, 0.25) is 5.02 Å². The van der Waals surface area contributed by atoms with Gasteiger partial charge < -0.3 is 5.32 Å². The molecule has 4 rings (SSSR count). The summed E-state index contributed by atoms with van der Waals surface area (Å²) in [5.74, 6) is 0.723. The molecule has 0 radical (unpaired) electrons. The molecule has 0 fully saturated rings. The Labute approximate surface area is 143 Å². The van der Waals surface area contributed by atoms with Crippen molar-refractivity contribution in [3.63, 3.8) is 0 Å². The molecule has 0 aliphatic rings. The summed E-state index contributed by atoms with van der Waals surface area (Å²) in [6.07, 6.45) is 1.65. The smallest absolute Gasteiger partial charge is 0.180 e. The highest BCUT2D eigenvalue weighted by Gasteiger charge is 2.09. The summed E-state index contributed by atoms with van der Waals surface area (Å²) in [4.78, 5) is 0. The van der Waals surface area contributed by atoms with Gasteiger partial charge >= 0.3 is 0 Å². The van der Waals surface area contributed by atoms with Crippen LogP contribution in [0.1, 0.15) is 5.56 Å². The number of anilines is 2. The molecule has 118 valence electrons. The number of H-pyrrole nitrogens is 1. The summed E-state index contributed by atoms with van der Waals surface area (Å²) < 4.78 is 0. The molecule has 0 amide bonds. The summed E-state index contributed by atoms with van der Waals surface area (Å²) in [5, 5.41) is 20.0. The van der Waals surface area contributed by atoms with Crippen LogP contribution in [0, 0.1) is 6.92 Å². The third kappa shape index (κ3) is 2.70. The fraction of sp³-hybridized carbons (Fsp3) is 0.0556.